The highest BCUT2D eigenvalue weighted by Crippen LogP contribution is 2.34. The van der Waals surface area contributed by atoms with Gasteiger partial charge in [0.15, 0.2) is 10.4 Å². The van der Waals surface area contributed by atoms with Gasteiger partial charge in [0.25, 0.3) is 11.8 Å². The van der Waals surface area contributed by atoms with Crippen LogP contribution in [0.5, 0.6) is 11.5 Å². The monoisotopic (exact) mass is 484 g/mol. The first-order valence-electron chi connectivity index (χ1n) is 9.11. The zero-order chi connectivity index (χ0) is 22.0. The highest BCUT2D eigenvalue weighted by molar-refractivity contribution is 9.10. The number of carbonyl (C=O) groups is 2. The molecule has 2 N–H and O–H groups in total. The Kier molecular flexibility index (Phi) is 5.68. The molecule has 2 aromatic heterocycles. The number of hydrogen-bond donors (Lipinski definition) is 2. The van der Waals surface area contributed by atoms with Gasteiger partial charge in [-0.05, 0) is 52.3 Å². The molecular weight excluding hydrogens is 468 g/mol. The highest BCUT2D eigenvalue weighted by Gasteiger charge is 2.24. The molecule has 158 valence electrons. The van der Waals surface area contributed by atoms with Gasteiger partial charge in [-0.2, -0.15) is 0 Å². The largest absolute Gasteiger partial charge is 0.497 e. The number of fused-ring (bicyclic) bond motifs is 1. The summed E-state index contributed by atoms with van der Waals surface area (Å²) in [5, 5.41) is 6.05. The van der Waals surface area contributed by atoms with Crippen molar-refractivity contribution in [2.24, 2.45) is 0 Å². The first-order chi connectivity index (χ1) is 15.0. The second kappa shape index (κ2) is 8.57. The van der Waals surface area contributed by atoms with Crippen molar-refractivity contribution in [3.63, 3.8) is 0 Å². The van der Waals surface area contributed by atoms with Crippen LogP contribution in [0.4, 0.5) is 11.4 Å². The maximum Gasteiger partial charge on any atom is 0.293 e. The molecule has 4 aromatic rings. The second-order valence-electron chi connectivity index (χ2n) is 6.38. The van der Waals surface area contributed by atoms with Crippen LogP contribution in [0.15, 0.2) is 68.1 Å². The Hall–Kier alpha value is -3.72. The number of amides is 2. The van der Waals surface area contributed by atoms with Crippen LogP contribution in [-0.2, 0) is 0 Å². The van der Waals surface area contributed by atoms with E-state index in [0.717, 1.165) is 0 Å². The molecule has 8 nitrogen and oxygen atoms in total. The topological polar surface area (TPSA) is 103 Å². The summed E-state index contributed by atoms with van der Waals surface area (Å²) in [4.78, 5) is 25.7. The van der Waals surface area contributed by atoms with E-state index in [2.05, 4.69) is 26.6 Å². The zero-order valence-electron chi connectivity index (χ0n) is 16.5. The third-order valence-corrected chi connectivity index (χ3v) is 4.92. The Bertz CT molecular complexity index is 1280. The number of anilines is 2. The molecule has 0 spiro atoms. The SMILES string of the molecule is COc1ccc(NC(=O)c2oc3ccccc3c2NC(=O)c2ccc(Br)o2)c(OC)c1. The number of furan rings is 2. The van der Waals surface area contributed by atoms with E-state index in [1.165, 1.54) is 20.3 Å². The minimum Gasteiger partial charge on any atom is -0.497 e. The molecule has 0 aliphatic heterocycles. The quantitative estimate of drug-likeness (QED) is 0.384. The van der Waals surface area contributed by atoms with Crippen molar-refractivity contribution in [2.45, 2.75) is 0 Å². The second-order valence-corrected chi connectivity index (χ2v) is 7.16. The summed E-state index contributed by atoms with van der Waals surface area (Å²) in [5.74, 6) is -0.0618. The predicted octanol–water partition coefficient (Wildman–Crippen LogP) is 5.31. The van der Waals surface area contributed by atoms with Gasteiger partial charge < -0.3 is 28.9 Å². The summed E-state index contributed by atoms with van der Waals surface area (Å²) in [5.41, 5.74) is 1.10. The van der Waals surface area contributed by atoms with Gasteiger partial charge in [0.2, 0.25) is 5.76 Å². The third kappa shape index (κ3) is 4.13. The average molecular weight is 485 g/mol. The molecule has 2 heterocycles. The number of para-hydroxylation sites is 1. The molecule has 0 atom stereocenters. The van der Waals surface area contributed by atoms with Crippen LogP contribution in [-0.4, -0.2) is 26.0 Å². The minimum atomic E-state index is -0.560. The van der Waals surface area contributed by atoms with E-state index in [1.54, 1.807) is 48.5 Å². The van der Waals surface area contributed by atoms with Crippen LogP contribution in [0, 0.1) is 0 Å². The van der Waals surface area contributed by atoms with Gasteiger partial charge in [0, 0.05) is 11.5 Å². The Morgan fingerprint density at radius 1 is 0.903 bits per heavy atom. The maximum atomic E-state index is 13.1. The van der Waals surface area contributed by atoms with E-state index >= 15 is 0 Å². The zero-order valence-corrected chi connectivity index (χ0v) is 18.1. The summed E-state index contributed by atoms with van der Waals surface area (Å²) in [7, 11) is 3.02. The van der Waals surface area contributed by atoms with Crippen molar-refractivity contribution in [1.82, 2.24) is 0 Å². The van der Waals surface area contributed by atoms with E-state index in [9.17, 15) is 9.59 Å². The predicted molar refractivity (Wildman–Crippen MR) is 118 cm³/mol. The van der Waals surface area contributed by atoms with Gasteiger partial charge >= 0.3 is 0 Å². The van der Waals surface area contributed by atoms with Crippen molar-refractivity contribution >= 4 is 50.1 Å². The minimum absolute atomic E-state index is 0.0574. The number of hydrogen-bond acceptors (Lipinski definition) is 6. The van der Waals surface area contributed by atoms with Crippen LogP contribution in [0.25, 0.3) is 11.0 Å². The molecular formula is C22H17BrN2O6. The number of carbonyl (C=O) groups excluding carboxylic acids is 2. The number of nitrogens with one attached hydrogen (secondary N) is 2. The van der Waals surface area contributed by atoms with Crippen LogP contribution in [0.1, 0.15) is 21.1 Å². The lowest BCUT2D eigenvalue weighted by atomic mass is 10.2. The number of benzene rings is 2. The van der Waals surface area contributed by atoms with Gasteiger partial charge in [-0.3, -0.25) is 9.59 Å². The molecule has 9 heteroatoms. The molecule has 0 aliphatic carbocycles. The van der Waals surface area contributed by atoms with Gasteiger partial charge in [0.1, 0.15) is 22.8 Å². The molecule has 4 rings (SSSR count). The average Bonchev–Trinajstić information content (AvgIpc) is 3.38. The smallest absolute Gasteiger partial charge is 0.293 e. The Morgan fingerprint density at radius 3 is 2.42 bits per heavy atom. The van der Waals surface area contributed by atoms with E-state index in [-0.39, 0.29) is 17.2 Å². The van der Waals surface area contributed by atoms with Crippen molar-refractivity contribution < 1.29 is 27.9 Å². The summed E-state index contributed by atoms with van der Waals surface area (Å²) in [6.07, 6.45) is 0. The summed E-state index contributed by atoms with van der Waals surface area (Å²) >= 11 is 3.17. The van der Waals surface area contributed by atoms with E-state index in [4.69, 9.17) is 18.3 Å². The lowest BCUT2D eigenvalue weighted by molar-refractivity contribution is 0.0994. The van der Waals surface area contributed by atoms with Gasteiger partial charge in [0.05, 0.1) is 19.9 Å². The van der Waals surface area contributed by atoms with E-state index < -0.39 is 11.8 Å². The van der Waals surface area contributed by atoms with E-state index in [1.807, 2.05) is 0 Å². The molecule has 0 radical (unpaired) electrons. The summed E-state index contributed by atoms with van der Waals surface area (Å²) in [6.45, 7) is 0. The fraction of sp³-hybridized carbons (Fsp3) is 0.0909. The van der Waals surface area contributed by atoms with Gasteiger partial charge in [-0.15, -0.1) is 0 Å². The molecule has 2 aromatic carbocycles. The fourth-order valence-corrected chi connectivity index (χ4v) is 3.33. The normalized spacial score (nSPS) is 10.7. The number of ether oxygens (including phenoxy) is 2. The standard InChI is InChI=1S/C22H17BrN2O6/c1-28-12-7-8-14(17(11-12)29-2)24-22(27)20-19(13-5-3-4-6-15(13)31-20)25-21(26)16-9-10-18(23)30-16/h3-11H,1-2H3,(H,24,27)(H,25,26). The van der Waals surface area contributed by atoms with E-state index in [0.29, 0.717) is 32.8 Å². The molecule has 0 fully saturated rings. The first kappa shape index (κ1) is 20.5. The molecule has 2 amide bonds. The summed E-state index contributed by atoms with van der Waals surface area (Å²) in [6, 6.07) is 15.1. The molecule has 0 aliphatic rings. The maximum absolute atomic E-state index is 13.1. The van der Waals surface area contributed by atoms with Crippen molar-refractivity contribution in [1.29, 1.82) is 0 Å². The lowest BCUT2D eigenvalue weighted by Crippen LogP contribution is -2.17. The Morgan fingerprint density at radius 2 is 1.71 bits per heavy atom. The van der Waals surface area contributed by atoms with Crippen LogP contribution < -0.4 is 20.1 Å². The molecule has 31 heavy (non-hydrogen) atoms. The highest BCUT2D eigenvalue weighted by atomic mass is 79.9. The van der Waals surface area contributed by atoms with Crippen molar-refractivity contribution in [2.75, 3.05) is 24.9 Å². The van der Waals surface area contributed by atoms with Crippen molar-refractivity contribution in [3.8, 4) is 11.5 Å². The van der Waals surface area contributed by atoms with Gasteiger partial charge in [-0.25, -0.2) is 0 Å². The van der Waals surface area contributed by atoms with Gasteiger partial charge in [-0.1, -0.05) is 12.1 Å². The lowest BCUT2D eigenvalue weighted by Gasteiger charge is -2.11. The molecule has 0 saturated carbocycles. The fourth-order valence-electron chi connectivity index (χ4n) is 3.02. The first-order valence-corrected chi connectivity index (χ1v) is 9.91. The summed E-state index contributed by atoms with van der Waals surface area (Å²) < 4.78 is 22.0. The van der Waals surface area contributed by atoms with Crippen LogP contribution >= 0.6 is 15.9 Å². The number of rotatable bonds is 6. The van der Waals surface area contributed by atoms with Crippen molar-refractivity contribution in [3.05, 3.63) is 70.8 Å². The number of methoxy groups -OCH3 is 2. The molecule has 0 unspecified atom stereocenters. The third-order valence-electron chi connectivity index (χ3n) is 4.49. The number of halogens is 1. The molecule has 0 saturated heterocycles. The molecule has 0 bridgehead atoms. The Balaban J connectivity index is 1.69. The Labute approximate surface area is 185 Å². The van der Waals surface area contributed by atoms with Crippen LogP contribution in [0.3, 0.4) is 0 Å². The van der Waals surface area contributed by atoms with Crippen LogP contribution in [0.2, 0.25) is 0 Å².